The topological polar surface area (TPSA) is 93.1 Å². The molecule has 0 spiro atoms. The molecular weight excluding hydrogens is 454 g/mol. The number of nitrogens with zero attached hydrogens (tertiary/aromatic N) is 4. The van der Waals surface area contributed by atoms with Crippen LogP contribution in [0.25, 0.3) is 22.6 Å². The zero-order valence-corrected chi connectivity index (χ0v) is 21.9. The van der Waals surface area contributed by atoms with E-state index in [-0.39, 0.29) is 11.0 Å². The van der Waals surface area contributed by atoms with E-state index in [1.807, 2.05) is 25.3 Å². The van der Waals surface area contributed by atoms with Gasteiger partial charge in [-0.25, -0.2) is 14.8 Å². The molecule has 2 aromatic heterocycles. The minimum atomic E-state index is -0.580. The summed E-state index contributed by atoms with van der Waals surface area (Å²) in [6.07, 6.45) is 1.20. The molecule has 0 radical (unpaired) electrons. The van der Waals surface area contributed by atoms with Crippen LogP contribution in [0.3, 0.4) is 0 Å². The Morgan fingerprint density at radius 1 is 1.00 bits per heavy atom. The van der Waals surface area contributed by atoms with Gasteiger partial charge in [0.2, 0.25) is 0 Å². The number of rotatable bonds is 4. The molecule has 2 aromatic carbocycles. The fourth-order valence-electron chi connectivity index (χ4n) is 3.83. The number of hydrogen-bond acceptors (Lipinski definition) is 5. The van der Waals surface area contributed by atoms with Crippen LogP contribution in [0.15, 0.2) is 59.7 Å². The smallest absolute Gasteiger partial charge is 0.414 e. The van der Waals surface area contributed by atoms with Crippen LogP contribution < -0.4 is 10.5 Å². The number of nitrogens with one attached hydrogen (secondary N) is 1. The van der Waals surface area contributed by atoms with Crippen LogP contribution in [-0.4, -0.2) is 38.3 Å². The molecule has 0 aliphatic rings. The molecule has 4 aromatic rings. The van der Waals surface area contributed by atoms with Crippen LogP contribution >= 0.6 is 0 Å². The van der Waals surface area contributed by atoms with Crippen molar-refractivity contribution in [2.24, 2.45) is 0 Å². The molecule has 36 heavy (non-hydrogen) atoms. The van der Waals surface area contributed by atoms with Crippen molar-refractivity contribution >= 4 is 22.9 Å². The van der Waals surface area contributed by atoms with Gasteiger partial charge in [-0.1, -0.05) is 45.0 Å². The second-order valence-electron chi connectivity index (χ2n) is 11.0. The first-order valence-electron chi connectivity index (χ1n) is 11.9. The van der Waals surface area contributed by atoms with Gasteiger partial charge < -0.3 is 14.3 Å². The molecule has 2 heterocycles. The maximum atomic E-state index is 13.0. The van der Waals surface area contributed by atoms with Gasteiger partial charge in [0.15, 0.2) is 11.2 Å². The minimum Gasteiger partial charge on any atom is -0.443 e. The SMILES string of the molecule is CN(C(=O)OC(C)(C)C)c1ccc(-c2nc3ncn(Cc4ccc(C(C)(C)C)cc4)c3c(=O)[nH]2)cc1. The lowest BCUT2D eigenvalue weighted by atomic mass is 9.87. The summed E-state index contributed by atoms with van der Waals surface area (Å²) in [6, 6.07) is 15.6. The summed E-state index contributed by atoms with van der Waals surface area (Å²) in [5.74, 6) is 0.416. The van der Waals surface area contributed by atoms with Crippen molar-refractivity contribution in [3.63, 3.8) is 0 Å². The zero-order valence-electron chi connectivity index (χ0n) is 21.9. The highest BCUT2D eigenvalue weighted by Gasteiger charge is 2.21. The highest BCUT2D eigenvalue weighted by molar-refractivity contribution is 5.87. The van der Waals surface area contributed by atoms with Gasteiger partial charge in [0.05, 0.1) is 6.33 Å². The van der Waals surface area contributed by atoms with Crippen LogP contribution in [-0.2, 0) is 16.7 Å². The molecule has 0 saturated heterocycles. The third-order valence-electron chi connectivity index (χ3n) is 5.85. The predicted molar refractivity (Wildman–Crippen MR) is 142 cm³/mol. The van der Waals surface area contributed by atoms with Gasteiger partial charge in [0.1, 0.15) is 11.4 Å². The van der Waals surface area contributed by atoms with Crippen molar-refractivity contribution < 1.29 is 9.53 Å². The Labute approximate surface area is 211 Å². The van der Waals surface area contributed by atoms with E-state index in [4.69, 9.17) is 4.74 Å². The lowest BCUT2D eigenvalue weighted by Crippen LogP contribution is -2.34. The number of amides is 1. The van der Waals surface area contributed by atoms with Crippen LogP contribution in [0.1, 0.15) is 52.7 Å². The Hall–Kier alpha value is -3.94. The average Bonchev–Trinajstić information content (AvgIpc) is 3.20. The van der Waals surface area contributed by atoms with Crippen LogP contribution in [0.5, 0.6) is 0 Å². The molecule has 0 saturated carbocycles. The van der Waals surface area contributed by atoms with E-state index in [9.17, 15) is 9.59 Å². The highest BCUT2D eigenvalue weighted by Crippen LogP contribution is 2.24. The fraction of sp³-hybridized carbons (Fsp3) is 0.357. The van der Waals surface area contributed by atoms with Gasteiger partial charge in [-0.3, -0.25) is 9.69 Å². The van der Waals surface area contributed by atoms with Crippen molar-refractivity contribution in [2.75, 3.05) is 11.9 Å². The van der Waals surface area contributed by atoms with Gasteiger partial charge in [-0.05, 0) is 61.6 Å². The van der Waals surface area contributed by atoms with E-state index < -0.39 is 11.7 Å². The first-order chi connectivity index (χ1) is 16.8. The molecule has 0 unspecified atom stereocenters. The molecule has 1 amide bonds. The van der Waals surface area contributed by atoms with Crippen molar-refractivity contribution in [1.29, 1.82) is 0 Å². The molecule has 188 valence electrons. The van der Waals surface area contributed by atoms with E-state index in [0.717, 1.165) is 5.56 Å². The third-order valence-corrected chi connectivity index (χ3v) is 5.85. The number of fused-ring (bicyclic) bond motifs is 1. The number of imidazole rings is 1. The second-order valence-corrected chi connectivity index (χ2v) is 11.0. The largest absolute Gasteiger partial charge is 0.443 e. The van der Waals surface area contributed by atoms with Gasteiger partial charge >= 0.3 is 6.09 Å². The van der Waals surface area contributed by atoms with Gasteiger partial charge in [0, 0.05) is 24.8 Å². The zero-order chi connectivity index (χ0) is 26.3. The number of anilines is 1. The van der Waals surface area contributed by atoms with E-state index in [0.29, 0.717) is 34.8 Å². The molecule has 1 N–H and O–H groups in total. The molecule has 0 fully saturated rings. The maximum Gasteiger partial charge on any atom is 0.414 e. The van der Waals surface area contributed by atoms with E-state index in [1.165, 1.54) is 10.5 Å². The first kappa shape index (κ1) is 25.2. The Bertz CT molecular complexity index is 1440. The van der Waals surface area contributed by atoms with E-state index in [1.54, 1.807) is 37.6 Å². The van der Waals surface area contributed by atoms with E-state index >= 15 is 0 Å². The number of ether oxygens (including phenoxy) is 1. The molecular formula is C28H33N5O3. The molecule has 8 nitrogen and oxygen atoms in total. The normalized spacial score (nSPS) is 12.1. The van der Waals surface area contributed by atoms with Gasteiger partial charge in [0.25, 0.3) is 5.56 Å². The number of H-pyrrole nitrogens is 1. The molecule has 0 atom stereocenters. The third kappa shape index (κ3) is 5.48. The number of benzene rings is 2. The number of hydrogen-bond donors (Lipinski definition) is 1. The van der Waals surface area contributed by atoms with Crippen LogP contribution in [0, 0.1) is 0 Å². The lowest BCUT2D eigenvalue weighted by molar-refractivity contribution is 0.0589. The summed E-state index contributed by atoms with van der Waals surface area (Å²) in [4.78, 5) is 38.6. The average molecular weight is 488 g/mol. The minimum absolute atomic E-state index is 0.0844. The van der Waals surface area contributed by atoms with Gasteiger partial charge in [-0.2, -0.15) is 0 Å². The predicted octanol–water partition coefficient (Wildman–Crippen LogP) is 5.50. The number of carbonyl (C=O) groups is 1. The van der Waals surface area contributed by atoms with Crippen molar-refractivity contribution in [2.45, 2.75) is 59.1 Å². The maximum absolute atomic E-state index is 13.0. The molecule has 0 aliphatic heterocycles. The fourth-order valence-corrected chi connectivity index (χ4v) is 3.83. The van der Waals surface area contributed by atoms with Crippen molar-refractivity contribution in [3.05, 3.63) is 76.3 Å². The number of carbonyl (C=O) groups excluding carboxylic acids is 1. The number of aromatic nitrogens is 4. The molecule has 0 bridgehead atoms. The summed E-state index contributed by atoms with van der Waals surface area (Å²) >= 11 is 0. The summed E-state index contributed by atoms with van der Waals surface area (Å²) < 4.78 is 7.23. The summed E-state index contributed by atoms with van der Waals surface area (Å²) in [5.41, 5.74) is 3.78. The first-order valence-corrected chi connectivity index (χ1v) is 11.9. The summed E-state index contributed by atoms with van der Waals surface area (Å²) in [6.45, 7) is 12.5. The second kappa shape index (κ2) is 9.26. The lowest BCUT2D eigenvalue weighted by Gasteiger charge is -2.24. The standard InChI is InChI=1S/C28H33N5O3/c1-27(2,3)20-12-8-18(9-13-20)16-33-17-29-24-22(33)25(34)31-23(30-24)19-10-14-21(15-11-19)32(7)26(35)36-28(4,5)6/h8-15,17H,16H2,1-7H3,(H,30,31,34). The monoisotopic (exact) mass is 487 g/mol. The Kier molecular flexibility index (Phi) is 6.47. The Morgan fingerprint density at radius 3 is 2.22 bits per heavy atom. The summed E-state index contributed by atoms with van der Waals surface area (Å²) in [7, 11) is 1.65. The Morgan fingerprint density at radius 2 is 1.64 bits per heavy atom. The number of aromatic amines is 1. The summed E-state index contributed by atoms with van der Waals surface area (Å²) in [5, 5.41) is 0. The van der Waals surface area contributed by atoms with E-state index in [2.05, 4.69) is 60.0 Å². The molecule has 0 aliphatic carbocycles. The molecule has 8 heteroatoms. The quantitative estimate of drug-likeness (QED) is 0.410. The van der Waals surface area contributed by atoms with Crippen LogP contribution in [0.2, 0.25) is 0 Å². The Balaban J connectivity index is 1.56. The van der Waals surface area contributed by atoms with Gasteiger partial charge in [-0.15, -0.1) is 0 Å². The van der Waals surface area contributed by atoms with Crippen molar-refractivity contribution in [1.82, 2.24) is 19.5 Å². The molecule has 4 rings (SSSR count). The highest BCUT2D eigenvalue weighted by atomic mass is 16.6. The van der Waals surface area contributed by atoms with Crippen LogP contribution in [0.4, 0.5) is 10.5 Å². The van der Waals surface area contributed by atoms with Crippen molar-refractivity contribution in [3.8, 4) is 11.4 Å².